The molecule has 7 heteroatoms. The van der Waals surface area contributed by atoms with Gasteiger partial charge in [0.25, 0.3) is 0 Å². The SMILES string of the molecule is COc1ccc(S(=O)(=O)N[C@@H]2CCCC[C@H]2N)c(OC)c1. The Hall–Kier alpha value is -1.31. The maximum Gasteiger partial charge on any atom is 0.244 e. The normalized spacial score (nSPS) is 22.8. The van der Waals surface area contributed by atoms with Crippen molar-refractivity contribution in [3.05, 3.63) is 18.2 Å². The van der Waals surface area contributed by atoms with Crippen molar-refractivity contribution >= 4 is 10.0 Å². The van der Waals surface area contributed by atoms with Crippen LogP contribution in [-0.4, -0.2) is 34.7 Å². The topological polar surface area (TPSA) is 90.7 Å². The van der Waals surface area contributed by atoms with E-state index >= 15 is 0 Å². The van der Waals surface area contributed by atoms with Crippen molar-refractivity contribution in [2.45, 2.75) is 42.7 Å². The average molecular weight is 314 g/mol. The number of hydrogen-bond donors (Lipinski definition) is 2. The van der Waals surface area contributed by atoms with Gasteiger partial charge in [-0.1, -0.05) is 12.8 Å². The summed E-state index contributed by atoms with van der Waals surface area (Å²) in [4.78, 5) is 0.101. The summed E-state index contributed by atoms with van der Waals surface area (Å²) in [7, 11) is -0.724. The molecular weight excluding hydrogens is 292 g/mol. The predicted molar refractivity (Wildman–Crippen MR) is 80.1 cm³/mol. The van der Waals surface area contributed by atoms with Gasteiger partial charge in [-0.25, -0.2) is 13.1 Å². The van der Waals surface area contributed by atoms with Crippen LogP contribution in [0.5, 0.6) is 11.5 Å². The lowest BCUT2D eigenvalue weighted by atomic mass is 9.92. The summed E-state index contributed by atoms with van der Waals surface area (Å²) in [5, 5.41) is 0. The molecule has 21 heavy (non-hydrogen) atoms. The van der Waals surface area contributed by atoms with Gasteiger partial charge in [0, 0.05) is 18.2 Å². The van der Waals surface area contributed by atoms with Crippen LogP contribution in [0.15, 0.2) is 23.1 Å². The van der Waals surface area contributed by atoms with Crippen LogP contribution in [0.2, 0.25) is 0 Å². The van der Waals surface area contributed by atoms with Gasteiger partial charge in [0.05, 0.1) is 14.2 Å². The largest absolute Gasteiger partial charge is 0.497 e. The molecule has 0 amide bonds. The van der Waals surface area contributed by atoms with Gasteiger partial charge in [-0.2, -0.15) is 0 Å². The first kappa shape index (κ1) is 16.1. The minimum Gasteiger partial charge on any atom is -0.497 e. The van der Waals surface area contributed by atoms with E-state index in [0.717, 1.165) is 25.7 Å². The van der Waals surface area contributed by atoms with E-state index in [1.54, 1.807) is 12.1 Å². The molecule has 1 aliphatic rings. The highest BCUT2D eigenvalue weighted by molar-refractivity contribution is 7.89. The number of sulfonamides is 1. The number of benzene rings is 1. The van der Waals surface area contributed by atoms with E-state index in [-0.39, 0.29) is 22.7 Å². The molecule has 0 spiro atoms. The Morgan fingerprint density at radius 2 is 1.90 bits per heavy atom. The van der Waals surface area contributed by atoms with Gasteiger partial charge < -0.3 is 15.2 Å². The Kier molecular flexibility index (Phi) is 5.08. The van der Waals surface area contributed by atoms with Crippen molar-refractivity contribution in [2.24, 2.45) is 5.73 Å². The van der Waals surface area contributed by atoms with Crippen LogP contribution in [0.25, 0.3) is 0 Å². The van der Waals surface area contributed by atoms with Crippen molar-refractivity contribution in [3.8, 4) is 11.5 Å². The molecule has 1 aromatic carbocycles. The number of nitrogens with one attached hydrogen (secondary N) is 1. The van der Waals surface area contributed by atoms with E-state index in [2.05, 4.69) is 4.72 Å². The summed E-state index contributed by atoms with van der Waals surface area (Å²) in [5.74, 6) is 0.798. The van der Waals surface area contributed by atoms with Gasteiger partial charge in [0.1, 0.15) is 16.4 Å². The van der Waals surface area contributed by atoms with Crippen molar-refractivity contribution in [3.63, 3.8) is 0 Å². The molecule has 0 bridgehead atoms. The molecule has 3 N–H and O–H groups in total. The van der Waals surface area contributed by atoms with Crippen molar-refractivity contribution in [1.82, 2.24) is 4.72 Å². The van der Waals surface area contributed by atoms with Crippen LogP contribution < -0.4 is 19.9 Å². The fraction of sp³-hybridized carbons (Fsp3) is 0.571. The molecule has 0 aromatic heterocycles. The zero-order valence-electron chi connectivity index (χ0n) is 12.3. The summed E-state index contributed by atoms with van der Waals surface area (Å²) in [5.41, 5.74) is 6.00. The van der Waals surface area contributed by atoms with Gasteiger partial charge in [-0.3, -0.25) is 0 Å². The zero-order chi connectivity index (χ0) is 15.5. The lowest BCUT2D eigenvalue weighted by molar-refractivity contribution is 0.359. The predicted octanol–water partition coefficient (Wildman–Crippen LogP) is 1.25. The highest BCUT2D eigenvalue weighted by atomic mass is 32.2. The van der Waals surface area contributed by atoms with E-state index in [0.29, 0.717) is 5.75 Å². The van der Waals surface area contributed by atoms with Crippen LogP contribution in [0, 0.1) is 0 Å². The average Bonchev–Trinajstić information content (AvgIpc) is 2.48. The first-order valence-corrected chi connectivity index (χ1v) is 8.46. The van der Waals surface area contributed by atoms with Crippen LogP contribution >= 0.6 is 0 Å². The summed E-state index contributed by atoms with van der Waals surface area (Å²) in [6.45, 7) is 0. The number of hydrogen-bond acceptors (Lipinski definition) is 5. The quantitative estimate of drug-likeness (QED) is 0.853. The van der Waals surface area contributed by atoms with Gasteiger partial charge >= 0.3 is 0 Å². The lowest BCUT2D eigenvalue weighted by Gasteiger charge is -2.29. The standard InChI is InChI=1S/C14H22N2O4S/c1-19-10-7-8-14(13(9-10)20-2)21(17,18)16-12-6-4-3-5-11(12)15/h7-9,11-12,16H,3-6,15H2,1-2H3/t11-,12-/m1/s1. The number of ether oxygens (including phenoxy) is 2. The molecule has 0 aliphatic heterocycles. The van der Waals surface area contributed by atoms with Crippen molar-refractivity contribution in [1.29, 1.82) is 0 Å². The maximum absolute atomic E-state index is 12.5. The Bertz CT molecular complexity index is 589. The van der Waals surface area contributed by atoms with Crippen LogP contribution in [0.3, 0.4) is 0 Å². The highest BCUT2D eigenvalue weighted by Crippen LogP contribution is 2.29. The molecule has 1 saturated carbocycles. The molecule has 0 heterocycles. The van der Waals surface area contributed by atoms with E-state index in [1.165, 1.54) is 20.3 Å². The molecule has 2 rings (SSSR count). The first-order chi connectivity index (χ1) is 9.97. The van der Waals surface area contributed by atoms with Crippen molar-refractivity contribution in [2.75, 3.05) is 14.2 Å². The van der Waals surface area contributed by atoms with Crippen LogP contribution in [0.4, 0.5) is 0 Å². The fourth-order valence-corrected chi connectivity index (χ4v) is 4.04. The number of methoxy groups -OCH3 is 2. The van der Waals surface area contributed by atoms with Gasteiger partial charge in [0.2, 0.25) is 10.0 Å². The van der Waals surface area contributed by atoms with Gasteiger partial charge in [-0.15, -0.1) is 0 Å². The molecule has 6 nitrogen and oxygen atoms in total. The molecule has 2 atom stereocenters. The second-order valence-electron chi connectivity index (χ2n) is 5.19. The van der Waals surface area contributed by atoms with E-state index < -0.39 is 10.0 Å². The molecular formula is C14H22N2O4S. The molecule has 118 valence electrons. The van der Waals surface area contributed by atoms with Crippen molar-refractivity contribution < 1.29 is 17.9 Å². The lowest BCUT2D eigenvalue weighted by Crippen LogP contribution is -2.49. The number of nitrogens with two attached hydrogens (primary N) is 1. The minimum atomic E-state index is -3.67. The third-order valence-electron chi connectivity index (χ3n) is 3.79. The Morgan fingerprint density at radius 3 is 2.52 bits per heavy atom. The summed E-state index contributed by atoms with van der Waals surface area (Å²) >= 11 is 0. The monoisotopic (exact) mass is 314 g/mol. The van der Waals surface area contributed by atoms with E-state index in [4.69, 9.17) is 15.2 Å². The number of rotatable bonds is 5. The maximum atomic E-state index is 12.5. The minimum absolute atomic E-state index is 0.101. The third-order valence-corrected chi connectivity index (χ3v) is 5.32. The molecule has 0 saturated heterocycles. The smallest absolute Gasteiger partial charge is 0.244 e. The molecule has 1 fully saturated rings. The fourth-order valence-electron chi connectivity index (χ4n) is 2.57. The Labute approximate surface area is 125 Å². The summed E-state index contributed by atoms with van der Waals surface area (Å²) < 4.78 is 38.0. The second kappa shape index (κ2) is 6.64. The van der Waals surface area contributed by atoms with Gasteiger partial charge in [-0.05, 0) is 25.0 Å². The summed E-state index contributed by atoms with van der Waals surface area (Å²) in [6.07, 6.45) is 3.64. The first-order valence-electron chi connectivity index (χ1n) is 6.98. The summed E-state index contributed by atoms with van der Waals surface area (Å²) in [6, 6.07) is 4.26. The second-order valence-corrected chi connectivity index (χ2v) is 6.88. The van der Waals surface area contributed by atoms with E-state index in [9.17, 15) is 8.42 Å². The molecule has 1 aliphatic carbocycles. The third kappa shape index (κ3) is 3.66. The van der Waals surface area contributed by atoms with E-state index in [1.807, 2.05) is 0 Å². The Balaban J connectivity index is 2.26. The molecule has 0 unspecified atom stereocenters. The van der Waals surface area contributed by atoms with Crippen LogP contribution in [0.1, 0.15) is 25.7 Å². The van der Waals surface area contributed by atoms with Gasteiger partial charge in [0.15, 0.2) is 0 Å². The zero-order valence-corrected chi connectivity index (χ0v) is 13.2. The molecule has 0 radical (unpaired) electrons. The highest BCUT2D eigenvalue weighted by Gasteiger charge is 2.29. The Morgan fingerprint density at radius 1 is 1.19 bits per heavy atom. The molecule has 1 aromatic rings. The van der Waals surface area contributed by atoms with Crippen LogP contribution in [-0.2, 0) is 10.0 Å².